The third kappa shape index (κ3) is 2.57. The van der Waals surface area contributed by atoms with Crippen LogP contribution in [0.3, 0.4) is 0 Å². The summed E-state index contributed by atoms with van der Waals surface area (Å²) in [7, 11) is 0. The number of fused-ring (bicyclic) bond motifs is 2. The van der Waals surface area contributed by atoms with Crippen molar-refractivity contribution in [2.24, 2.45) is 0 Å². The van der Waals surface area contributed by atoms with Crippen LogP contribution in [-0.2, 0) is 12.8 Å². The summed E-state index contributed by atoms with van der Waals surface area (Å²) in [6, 6.07) is 12.3. The topological polar surface area (TPSA) is 47.3 Å². The molecule has 1 aliphatic rings. The van der Waals surface area contributed by atoms with Gasteiger partial charge in [-0.3, -0.25) is 0 Å². The molecule has 0 atom stereocenters. The van der Waals surface area contributed by atoms with Crippen molar-refractivity contribution in [2.45, 2.75) is 26.7 Å². The summed E-state index contributed by atoms with van der Waals surface area (Å²) in [5.74, 6) is 2.01. The van der Waals surface area contributed by atoms with Gasteiger partial charge in [-0.1, -0.05) is 26.0 Å². The van der Waals surface area contributed by atoms with E-state index in [0.29, 0.717) is 11.8 Å². The fraction of sp³-hybridized carbons (Fsp3) is 0.211. The summed E-state index contributed by atoms with van der Waals surface area (Å²) >= 11 is 0. The summed E-state index contributed by atoms with van der Waals surface area (Å²) in [6.45, 7) is 4.26. The quantitative estimate of drug-likeness (QED) is 0.758. The molecule has 0 radical (unpaired) electrons. The van der Waals surface area contributed by atoms with Crippen LogP contribution in [0.25, 0.3) is 17.2 Å². The number of nitrogens with zero attached hydrogens (tertiary/aromatic N) is 1. The van der Waals surface area contributed by atoms with Gasteiger partial charge in [-0.25, -0.2) is 4.98 Å². The van der Waals surface area contributed by atoms with Gasteiger partial charge in [-0.15, -0.1) is 0 Å². The first kappa shape index (κ1) is 13.9. The minimum atomic E-state index is 0.541. The van der Waals surface area contributed by atoms with Crippen LogP contribution in [0, 0.1) is 0 Å². The van der Waals surface area contributed by atoms with Crippen molar-refractivity contribution in [1.29, 1.82) is 0 Å². The van der Waals surface area contributed by atoms with Gasteiger partial charge in [-0.2, -0.15) is 0 Å². The highest BCUT2D eigenvalue weighted by atomic mass is 16.5. The maximum atomic E-state index is 5.80. The van der Waals surface area contributed by atoms with E-state index in [-0.39, 0.29) is 0 Å². The maximum absolute atomic E-state index is 5.80. The third-order valence-corrected chi connectivity index (χ3v) is 4.06. The van der Waals surface area contributed by atoms with E-state index in [0.717, 1.165) is 35.4 Å². The lowest BCUT2D eigenvalue weighted by molar-refractivity contribution is 0.459. The van der Waals surface area contributed by atoms with Gasteiger partial charge in [0.15, 0.2) is 11.3 Å². The minimum Gasteiger partial charge on any atom is -0.439 e. The molecule has 0 aliphatic carbocycles. The number of oxazole rings is 1. The van der Waals surface area contributed by atoms with E-state index in [9.17, 15) is 0 Å². The summed E-state index contributed by atoms with van der Waals surface area (Å²) in [4.78, 5) is 4.52. The van der Waals surface area contributed by atoms with E-state index in [1.807, 2.05) is 12.1 Å². The molecule has 23 heavy (non-hydrogen) atoms. The standard InChI is InChI=1S/C19H18N2O2/c1-3-12-5-7-16-14(9-12)20-18(22-16)11-19-21-15-10-13(4-2)6-8-17(15)23-19/h5-11,20H,3-4H2,1-2H3/b18-11+. The van der Waals surface area contributed by atoms with Crippen molar-refractivity contribution in [3.05, 3.63) is 59.3 Å². The van der Waals surface area contributed by atoms with Crippen molar-refractivity contribution in [3.8, 4) is 5.75 Å². The van der Waals surface area contributed by atoms with Crippen LogP contribution in [0.4, 0.5) is 5.69 Å². The molecule has 0 saturated carbocycles. The van der Waals surface area contributed by atoms with Crippen LogP contribution in [-0.4, -0.2) is 4.98 Å². The molecule has 3 aromatic rings. The molecule has 116 valence electrons. The van der Waals surface area contributed by atoms with Crippen LogP contribution in [0.15, 0.2) is 46.7 Å². The molecule has 1 aliphatic heterocycles. The Kier molecular flexibility index (Phi) is 3.30. The number of ether oxygens (including phenoxy) is 1. The van der Waals surface area contributed by atoms with E-state index in [2.05, 4.69) is 48.4 Å². The molecule has 0 spiro atoms. The number of aryl methyl sites for hydroxylation is 2. The molecule has 4 heteroatoms. The Morgan fingerprint density at radius 1 is 1.04 bits per heavy atom. The lowest BCUT2D eigenvalue weighted by atomic mass is 10.1. The summed E-state index contributed by atoms with van der Waals surface area (Å²) in [5, 5.41) is 3.26. The highest BCUT2D eigenvalue weighted by Crippen LogP contribution is 2.35. The molecule has 0 saturated heterocycles. The first-order valence-corrected chi connectivity index (χ1v) is 7.94. The SMILES string of the molecule is CCc1ccc2c(c1)N/C(=C\c1nc3cc(CC)ccc3o1)O2. The second-order valence-corrected chi connectivity index (χ2v) is 5.63. The zero-order valence-electron chi connectivity index (χ0n) is 13.2. The Balaban J connectivity index is 1.64. The lowest BCUT2D eigenvalue weighted by Crippen LogP contribution is -1.96. The van der Waals surface area contributed by atoms with Crippen molar-refractivity contribution in [1.82, 2.24) is 4.98 Å². The summed E-state index contributed by atoms with van der Waals surface area (Å²) < 4.78 is 11.6. The highest BCUT2D eigenvalue weighted by molar-refractivity contribution is 5.75. The Hall–Kier alpha value is -2.75. The number of rotatable bonds is 3. The summed E-state index contributed by atoms with van der Waals surface area (Å²) in [6.07, 6.45) is 3.77. The molecule has 1 N–H and O–H groups in total. The minimum absolute atomic E-state index is 0.541. The second kappa shape index (κ2) is 5.47. The number of hydrogen-bond donors (Lipinski definition) is 1. The monoisotopic (exact) mass is 306 g/mol. The highest BCUT2D eigenvalue weighted by Gasteiger charge is 2.17. The molecule has 1 aromatic heterocycles. The molecule has 0 unspecified atom stereocenters. The lowest BCUT2D eigenvalue weighted by Gasteiger charge is -1.98. The fourth-order valence-corrected chi connectivity index (χ4v) is 2.71. The van der Waals surface area contributed by atoms with Gasteiger partial charge < -0.3 is 14.5 Å². The average molecular weight is 306 g/mol. The zero-order valence-corrected chi connectivity index (χ0v) is 13.2. The number of benzene rings is 2. The van der Waals surface area contributed by atoms with Crippen LogP contribution in [0.2, 0.25) is 0 Å². The predicted octanol–water partition coefficient (Wildman–Crippen LogP) is 4.76. The molecule has 4 nitrogen and oxygen atoms in total. The zero-order chi connectivity index (χ0) is 15.8. The average Bonchev–Trinajstić information content (AvgIpc) is 3.15. The smallest absolute Gasteiger partial charge is 0.225 e. The predicted molar refractivity (Wildman–Crippen MR) is 91.4 cm³/mol. The van der Waals surface area contributed by atoms with Gasteiger partial charge in [0.25, 0.3) is 0 Å². The molecule has 4 rings (SSSR count). The Morgan fingerprint density at radius 3 is 2.65 bits per heavy atom. The van der Waals surface area contributed by atoms with Crippen LogP contribution >= 0.6 is 0 Å². The second-order valence-electron chi connectivity index (χ2n) is 5.63. The first-order chi connectivity index (χ1) is 11.2. The maximum Gasteiger partial charge on any atom is 0.225 e. The van der Waals surface area contributed by atoms with Gasteiger partial charge in [0, 0.05) is 0 Å². The number of nitrogens with one attached hydrogen (secondary N) is 1. The van der Waals surface area contributed by atoms with Crippen LogP contribution in [0.5, 0.6) is 5.75 Å². The van der Waals surface area contributed by atoms with Crippen molar-refractivity contribution >= 4 is 22.9 Å². The first-order valence-electron chi connectivity index (χ1n) is 7.94. The Labute approximate surface area is 134 Å². The molecule has 0 bridgehead atoms. The van der Waals surface area contributed by atoms with Gasteiger partial charge in [-0.05, 0) is 48.2 Å². The van der Waals surface area contributed by atoms with E-state index < -0.39 is 0 Å². The van der Waals surface area contributed by atoms with E-state index in [1.54, 1.807) is 6.08 Å². The molecule has 0 amide bonds. The molecule has 2 aromatic carbocycles. The van der Waals surface area contributed by atoms with Crippen molar-refractivity contribution in [3.63, 3.8) is 0 Å². The van der Waals surface area contributed by atoms with E-state index >= 15 is 0 Å². The van der Waals surface area contributed by atoms with E-state index in [1.165, 1.54) is 11.1 Å². The third-order valence-electron chi connectivity index (χ3n) is 4.06. The van der Waals surface area contributed by atoms with Crippen molar-refractivity contribution < 1.29 is 9.15 Å². The van der Waals surface area contributed by atoms with Gasteiger partial charge in [0.05, 0.1) is 11.8 Å². The van der Waals surface area contributed by atoms with E-state index in [4.69, 9.17) is 9.15 Å². The van der Waals surface area contributed by atoms with Crippen LogP contribution < -0.4 is 10.1 Å². The number of anilines is 1. The van der Waals surface area contributed by atoms with Crippen LogP contribution in [0.1, 0.15) is 30.9 Å². The van der Waals surface area contributed by atoms with Gasteiger partial charge in [0.1, 0.15) is 5.52 Å². The normalized spacial score (nSPS) is 14.8. The molecule has 0 fully saturated rings. The Morgan fingerprint density at radius 2 is 1.83 bits per heavy atom. The molecule has 2 heterocycles. The molecular weight excluding hydrogens is 288 g/mol. The van der Waals surface area contributed by atoms with Crippen molar-refractivity contribution in [2.75, 3.05) is 5.32 Å². The largest absolute Gasteiger partial charge is 0.439 e. The number of hydrogen-bond acceptors (Lipinski definition) is 4. The van der Waals surface area contributed by atoms with Gasteiger partial charge in [0.2, 0.25) is 11.8 Å². The Bertz CT molecular complexity index is 909. The number of aromatic nitrogens is 1. The summed E-state index contributed by atoms with van der Waals surface area (Å²) in [5.41, 5.74) is 5.17. The van der Waals surface area contributed by atoms with Gasteiger partial charge >= 0.3 is 0 Å². The fourth-order valence-electron chi connectivity index (χ4n) is 2.71. The molecular formula is C19H18N2O2.